The Bertz CT molecular complexity index is 1210. The maximum absolute atomic E-state index is 6.03. The van der Waals surface area contributed by atoms with Crippen LogP contribution < -0.4 is 5.46 Å². The number of benzene rings is 4. The van der Waals surface area contributed by atoms with Gasteiger partial charge < -0.3 is 4.42 Å². The first-order chi connectivity index (χ1) is 11.8. The van der Waals surface area contributed by atoms with Gasteiger partial charge in [0, 0.05) is 10.8 Å². The Kier molecular flexibility index (Phi) is 2.80. The molecule has 0 N–H and O–H groups in total. The van der Waals surface area contributed by atoms with Gasteiger partial charge in [-0.3, -0.25) is 0 Å². The molecule has 24 heavy (non-hydrogen) atoms. The molecule has 0 aliphatic heterocycles. The summed E-state index contributed by atoms with van der Waals surface area (Å²) in [5.41, 5.74) is 4.85. The second-order valence-electron chi connectivity index (χ2n) is 6.06. The molecular weight excluding hydrogens is 291 g/mol. The van der Waals surface area contributed by atoms with Gasteiger partial charge in [0.2, 0.25) is 0 Å². The van der Waals surface area contributed by atoms with Crippen molar-refractivity contribution in [3.05, 3.63) is 78.9 Å². The Hall–Kier alpha value is -3.00. The highest BCUT2D eigenvalue weighted by Crippen LogP contribution is 2.38. The minimum atomic E-state index is 0.716. The fourth-order valence-corrected chi connectivity index (χ4v) is 3.53. The zero-order valence-corrected chi connectivity index (χ0v) is 13.0. The number of fused-ring (bicyclic) bond motifs is 4. The van der Waals surface area contributed by atoms with Crippen molar-refractivity contribution >= 4 is 46.0 Å². The van der Waals surface area contributed by atoms with Crippen LogP contribution in [0.5, 0.6) is 0 Å². The summed E-state index contributed by atoms with van der Waals surface area (Å²) in [4.78, 5) is 0. The van der Waals surface area contributed by atoms with Crippen molar-refractivity contribution < 1.29 is 4.42 Å². The predicted molar refractivity (Wildman–Crippen MR) is 102 cm³/mol. The molecule has 0 amide bonds. The molecule has 1 aromatic heterocycles. The van der Waals surface area contributed by atoms with Gasteiger partial charge in [0.15, 0.2) is 0 Å². The molecule has 2 radical (unpaired) electrons. The quantitative estimate of drug-likeness (QED) is 0.388. The van der Waals surface area contributed by atoms with Gasteiger partial charge >= 0.3 is 0 Å². The molecule has 0 saturated carbocycles. The largest absolute Gasteiger partial charge is 0.456 e. The maximum atomic E-state index is 6.03. The van der Waals surface area contributed by atoms with Gasteiger partial charge in [-0.1, -0.05) is 72.2 Å². The summed E-state index contributed by atoms with van der Waals surface area (Å²) in [7, 11) is 5.91. The zero-order valence-electron chi connectivity index (χ0n) is 13.0. The highest BCUT2D eigenvalue weighted by molar-refractivity contribution is 6.33. The molecule has 1 heterocycles. The lowest BCUT2D eigenvalue weighted by molar-refractivity contribution is 0.669. The maximum Gasteiger partial charge on any atom is 0.136 e. The lowest BCUT2D eigenvalue weighted by atomic mass is 9.92. The minimum absolute atomic E-state index is 0.716. The summed E-state index contributed by atoms with van der Waals surface area (Å²) in [6.45, 7) is 0. The molecule has 5 aromatic rings. The van der Waals surface area contributed by atoms with E-state index in [1.54, 1.807) is 0 Å². The molecule has 0 bridgehead atoms. The first kappa shape index (κ1) is 13.4. The van der Waals surface area contributed by atoms with Gasteiger partial charge in [0.1, 0.15) is 19.0 Å². The molecule has 0 fully saturated rings. The average molecular weight is 304 g/mol. The molecule has 0 unspecified atom stereocenters. The van der Waals surface area contributed by atoms with Crippen LogP contribution >= 0.6 is 0 Å². The van der Waals surface area contributed by atoms with E-state index in [0.717, 1.165) is 21.9 Å². The second kappa shape index (κ2) is 5.00. The van der Waals surface area contributed by atoms with Crippen molar-refractivity contribution in [1.29, 1.82) is 0 Å². The highest BCUT2D eigenvalue weighted by Gasteiger charge is 2.13. The van der Waals surface area contributed by atoms with Crippen LogP contribution in [0.3, 0.4) is 0 Å². The Balaban J connectivity index is 1.94. The van der Waals surface area contributed by atoms with Gasteiger partial charge in [0.25, 0.3) is 0 Å². The summed E-state index contributed by atoms with van der Waals surface area (Å²) < 4.78 is 6.03. The number of hydrogen-bond acceptors (Lipinski definition) is 1. The molecule has 2 heteroatoms. The smallest absolute Gasteiger partial charge is 0.136 e. The van der Waals surface area contributed by atoms with E-state index in [9.17, 15) is 0 Å². The first-order valence-electron chi connectivity index (χ1n) is 8.00. The van der Waals surface area contributed by atoms with E-state index in [2.05, 4.69) is 48.5 Å². The third-order valence-corrected chi connectivity index (χ3v) is 4.60. The van der Waals surface area contributed by atoms with Crippen LogP contribution in [0.2, 0.25) is 0 Å². The molecule has 0 atom stereocenters. The molecule has 1 nitrogen and oxygen atoms in total. The fraction of sp³-hybridized carbons (Fsp3) is 0. The second-order valence-corrected chi connectivity index (χ2v) is 6.06. The van der Waals surface area contributed by atoms with Crippen molar-refractivity contribution in [2.75, 3.05) is 0 Å². The van der Waals surface area contributed by atoms with E-state index >= 15 is 0 Å². The SMILES string of the molecule is [B]c1ccc2c(c1)oc1cccc(-c3cccc4ccccc34)c12. The average Bonchev–Trinajstić information content (AvgIpc) is 2.98. The van der Waals surface area contributed by atoms with E-state index in [4.69, 9.17) is 12.3 Å². The fourth-order valence-electron chi connectivity index (χ4n) is 3.53. The van der Waals surface area contributed by atoms with Crippen molar-refractivity contribution in [2.24, 2.45) is 0 Å². The predicted octanol–water partition coefficient (Wildman–Crippen LogP) is 5.20. The number of rotatable bonds is 1. The monoisotopic (exact) mass is 304 g/mol. The van der Waals surface area contributed by atoms with E-state index in [-0.39, 0.29) is 0 Å². The van der Waals surface area contributed by atoms with Gasteiger partial charge in [-0.25, -0.2) is 0 Å². The third-order valence-electron chi connectivity index (χ3n) is 4.60. The Morgan fingerprint density at radius 1 is 0.625 bits per heavy atom. The third kappa shape index (κ3) is 1.90. The molecule has 110 valence electrons. The molecule has 5 rings (SSSR count). The normalized spacial score (nSPS) is 11.5. The molecule has 0 aliphatic carbocycles. The van der Waals surface area contributed by atoms with Crippen LogP contribution in [0.1, 0.15) is 0 Å². The first-order valence-corrected chi connectivity index (χ1v) is 8.00. The Morgan fingerprint density at radius 3 is 2.38 bits per heavy atom. The lowest BCUT2D eigenvalue weighted by Gasteiger charge is -2.08. The number of hydrogen-bond donors (Lipinski definition) is 0. The summed E-state index contributed by atoms with van der Waals surface area (Å²) in [6.07, 6.45) is 0. The summed E-state index contributed by atoms with van der Waals surface area (Å²) in [5, 5.41) is 4.73. The van der Waals surface area contributed by atoms with E-state index in [0.29, 0.717) is 5.46 Å². The van der Waals surface area contributed by atoms with Gasteiger partial charge in [-0.05, 0) is 34.0 Å². The van der Waals surface area contributed by atoms with Crippen molar-refractivity contribution in [2.45, 2.75) is 0 Å². The van der Waals surface area contributed by atoms with Gasteiger partial charge in [0.05, 0.1) is 0 Å². The zero-order chi connectivity index (χ0) is 16.1. The van der Waals surface area contributed by atoms with Crippen LogP contribution in [0.15, 0.2) is 83.3 Å². The van der Waals surface area contributed by atoms with E-state index in [1.165, 1.54) is 21.9 Å². The van der Waals surface area contributed by atoms with Crippen LogP contribution in [-0.2, 0) is 0 Å². The molecule has 4 aromatic carbocycles. The summed E-state index contributed by atoms with van der Waals surface area (Å²) in [6, 6.07) is 27.0. The number of furan rings is 1. The van der Waals surface area contributed by atoms with Crippen LogP contribution in [0.25, 0.3) is 43.8 Å². The van der Waals surface area contributed by atoms with E-state index < -0.39 is 0 Å². The molecule has 0 saturated heterocycles. The highest BCUT2D eigenvalue weighted by atomic mass is 16.3. The van der Waals surface area contributed by atoms with Crippen molar-refractivity contribution in [3.63, 3.8) is 0 Å². The van der Waals surface area contributed by atoms with Crippen LogP contribution in [0, 0.1) is 0 Å². The van der Waals surface area contributed by atoms with Gasteiger partial charge in [-0.2, -0.15) is 0 Å². The summed E-state index contributed by atoms with van der Waals surface area (Å²) >= 11 is 0. The molecular formula is C22H13BO. The van der Waals surface area contributed by atoms with Crippen LogP contribution in [0.4, 0.5) is 0 Å². The summed E-state index contributed by atoms with van der Waals surface area (Å²) in [5.74, 6) is 0. The Morgan fingerprint density at radius 2 is 1.42 bits per heavy atom. The molecule has 0 aliphatic rings. The van der Waals surface area contributed by atoms with E-state index in [1.807, 2.05) is 30.3 Å². The minimum Gasteiger partial charge on any atom is -0.456 e. The van der Waals surface area contributed by atoms with Crippen LogP contribution in [-0.4, -0.2) is 7.85 Å². The standard InChI is InChI=1S/C22H13BO/c23-15-11-12-19-21(13-15)24-20-10-4-9-18(22(19)20)17-8-3-6-14-5-1-2-7-16(14)17/h1-13H. The lowest BCUT2D eigenvalue weighted by Crippen LogP contribution is -1.98. The molecule has 0 spiro atoms. The van der Waals surface area contributed by atoms with Gasteiger partial charge in [-0.15, -0.1) is 0 Å². The Labute approximate surface area is 140 Å². The van der Waals surface area contributed by atoms with Crippen molar-refractivity contribution in [1.82, 2.24) is 0 Å². The topological polar surface area (TPSA) is 13.1 Å². The van der Waals surface area contributed by atoms with Crippen molar-refractivity contribution in [3.8, 4) is 11.1 Å².